The number of aromatic nitrogens is 1. The number of rotatable bonds is 11. The summed E-state index contributed by atoms with van der Waals surface area (Å²) in [5, 5.41) is 12.3. The van der Waals surface area contributed by atoms with Gasteiger partial charge in [0, 0.05) is 36.8 Å². The molecule has 1 aliphatic heterocycles. The Morgan fingerprint density at radius 3 is 2.50 bits per heavy atom. The maximum absolute atomic E-state index is 15.2. The monoisotopic (exact) mass is 574 g/mol. The van der Waals surface area contributed by atoms with Crippen LogP contribution >= 0.6 is 0 Å². The van der Waals surface area contributed by atoms with Gasteiger partial charge >= 0.3 is 6.09 Å². The Kier molecular flexibility index (Phi) is 9.39. The van der Waals surface area contributed by atoms with E-state index >= 15 is 4.39 Å². The van der Waals surface area contributed by atoms with Crippen molar-refractivity contribution in [2.45, 2.75) is 82.2 Å². The Bertz CT molecular complexity index is 1190. The number of halogens is 1. The Morgan fingerprint density at radius 1 is 1.20 bits per heavy atom. The number of amides is 2. The third-order valence-electron chi connectivity index (χ3n) is 7.55. The molecule has 0 spiro atoms. The van der Waals surface area contributed by atoms with Gasteiger partial charge < -0.3 is 19.7 Å². The Labute approximate surface area is 238 Å². The van der Waals surface area contributed by atoms with E-state index in [4.69, 9.17) is 4.74 Å². The minimum atomic E-state index is -1.48. The number of nitrogens with one attached hydrogen (secondary N) is 2. The van der Waals surface area contributed by atoms with E-state index in [2.05, 4.69) is 15.0 Å². The largest absolute Gasteiger partial charge is 0.598 e. The molecule has 40 heavy (non-hydrogen) atoms. The molecule has 11 heteroatoms. The molecule has 9 nitrogen and oxygen atoms in total. The maximum Gasteiger partial charge on any atom is 0.408 e. The molecular formula is C29H39FN4O5S. The van der Waals surface area contributed by atoms with Crippen LogP contribution in [-0.4, -0.2) is 61.6 Å². The molecule has 1 aromatic heterocycles. The van der Waals surface area contributed by atoms with Gasteiger partial charge in [0.15, 0.2) is 0 Å². The topological polar surface area (TPSA) is 127 Å². The lowest BCUT2D eigenvalue weighted by Crippen LogP contribution is -2.52. The number of pyridine rings is 1. The number of nitrogens with zero attached hydrogens (tertiary/aromatic N) is 2. The summed E-state index contributed by atoms with van der Waals surface area (Å²) < 4.78 is 37.1. The number of likely N-dealkylation sites (tertiary alicyclic amines) is 1. The summed E-state index contributed by atoms with van der Waals surface area (Å²) in [6.45, 7) is 7.92. The minimum Gasteiger partial charge on any atom is -0.598 e. The average Bonchev–Trinajstić information content (AvgIpc) is 3.64. The summed E-state index contributed by atoms with van der Waals surface area (Å²) in [5.74, 6) is -0.700. The number of benzene rings is 1. The molecule has 1 saturated carbocycles. The van der Waals surface area contributed by atoms with Gasteiger partial charge in [-0.1, -0.05) is 18.9 Å². The van der Waals surface area contributed by atoms with Crippen molar-refractivity contribution in [1.29, 1.82) is 0 Å². The predicted molar refractivity (Wildman–Crippen MR) is 152 cm³/mol. The van der Waals surface area contributed by atoms with E-state index < -0.39 is 51.6 Å². The van der Waals surface area contributed by atoms with Crippen LogP contribution < -0.4 is 10.0 Å². The first-order valence-corrected chi connectivity index (χ1v) is 14.9. The van der Waals surface area contributed by atoms with Gasteiger partial charge in [-0.2, -0.15) is 0 Å². The van der Waals surface area contributed by atoms with E-state index in [1.54, 1.807) is 31.5 Å². The number of anilines is 1. The van der Waals surface area contributed by atoms with Crippen molar-refractivity contribution in [2.24, 2.45) is 5.92 Å². The summed E-state index contributed by atoms with van der Waals surface area (Å²) in [6, 6.07) is 7.20. The van der Waals surface area contributed by atoms with Gasteiger partial charge in [0.2, 0.25) is 5.91 Å². The summed E-state index contributed by atoms with van der Waals surface area (Å²) in [6.07, 6.45) is 5.65. The van der Waals surface area contributed by atoms with Crippen molar-refractivity contribution >= 4 is 29.0 Å². The van der Waals surface area contributed by atoms with Gasteiger partial charge in [0.05, 0.1) is 18.3 Å². The lowest BCUT2D eigenvalue weighted by molar-refractivity contribution is -0.120. The van der Waals surface area contributed by atoms with Crippen molar-refractivity contribution in [1.82, 2.24) is 14.6 Å². The number of carbonyl (C=O) groups excluding carboxylic acids is 1. The van der Waals surface area contributed by atoms with Gasteiger partial charge in [-0.15, -0.1) is 4.72 Å². The number of hydrogen-bond acceptors (Lipinski definition) is 6. The molecule has 4 unspecified atom stereocenters. The van der Waals surface area contributed by atoms with Gasteiger partial charge in [0.25, 0.3) is 0 Å². The van der Waals surface area contributed by atoms with E-state index in [0.717, 1.165) is 29.7 Å². The highest BCUT2D eigenvalue weighted by molar-refractivity contribution is 7.90. The molecule has 0 radical (unpaired) electrons. The highest BCUT2D eigenvalue weighted by atomic mass is 32.2. The maximum atomic E-state index is 15.2. The first-order valence-electron chi connectivity index (χ1n) is 13.8. The molecule has 1 saturated heterocycles. The zero-order chi connectivity index (χ0) is 29.1. The van der Waals surface area contributed by atoms with E-state index in [-0.39, 0.29) is 18.7 Å². The third kappa shape index (κ3) is 6.94. The smallest absolute Gasteiger partial charge is 0.408 e. The van der Waals surface area contributed by atoms with E-state index in [0.29, 0.717) is 24.5 Å². The second kappa shape index (κ2) is 12.4. The van der Waals surface area contributed by atoms with Gasteiger partial charge in [-0.3, -0.25) is 14.7 Å². The van der Waals surface area contributed by atoms with Crippen LogP contribution in [0.2, 0.25) is 0 Å². The predicted octanol–water partition coefficient (Wildman–Crippen LogP) is 4.80. The molecular weight excluding hydrogens is 535 g/mol. The fraction of sp³-hybridized carbons (Fsp3) is 0.552. The molecule has 1 aromatic carbocycles. The summed E-state index contributed by atoms with van der Waals surface area (Å²) >= 11 is -1.48. The molecule has 2 fully saturated rings. The van der Waals surface area contributed by atoms with Crippen molar-refractivity contribution in [3.63, 3.8) is 0 Å². The van der Waals surface area contributed by atoms with Gasteiger partial charge in [-0.25, -0.2) is 9.18 Å². The van der Waals surface area contributed by atoms with Crippen LogP contribution in [-0.2, 0) is 26.4 Å². The number of carboxylic acid groups (broad SMARTS) is 1. The highest BCUT2D eigenvalue weighted by Gasteiger charge is 2.44. The minimum absolute atomic E-state index is 0.0681. The molecule has 2 aliphatic rings. The summed E-state index contributed by atoms with van der Waals surface area (Å²) in [5.41, 5.74) is 0.456. The highest BCUT2D eigenvalue weighted by Crippen LogP contribution is 2.43. The Morgan fingerprint density at radius 2 is 1.90 bits per heavy atom. The van der Waals surface area contributed by atoms with Crippen LogP contribution in [0.1, 0.15) is 70.9 Å². The zero-order valence-corrected chi connectivity index (χ0v) is 24.3. The van der Waals surface area contributed by atoms with Gasteiger partial charge in [-0.05, 0) is 81.8 Å². The average molecular weight is 575 g/mol. The fourth-order valence-electron chi connectivity index (χ4n) is 5.12. The molecule has 4 atom stereocenters. The lowest BCUT2D eigenvalue weighted by atomic mass is 9.79. The lowest BCUT2D eigenvalue weighted by Gasteiger charge is -2.39. The molecule has 218 valence electrons. The summed E-state index contributed by atoms with van der Waals surface area (Å²) in [4.78, 5) is 30.3. The molecule has 4 rings (SSSR count). The second-order valence-corrected chi connectivity index (χ2v) is 13.5. The van der Waals surface area contributed by atoms with Crippen LogP contribution in [0, 0.1) is 11.7 Å². The normalized spacial score (nSPS) is 21.6. The van der Waals surface area contributed by atoms with Crippen molar-refractivity contribution in [3.05, 3.63) is 59.7 Å². The number of carbonyl (C=O) groups is 2. The van der Waals surface area contributed by atoms with Crippen LogP contribution in [0.15, 0.2) is 42.7 Å². The Hall–Kier alpha value is -2.73. The molecule has 0 bridgehead atoms. The molecule has 2 aromatic rings. The van der Waals surface area contributed by atoms with E-state index in [9.17, 15) is 19.2 Å². The second-order valence-electron chi connectivity index (χ2n) is 11.6. The van der Waals surface area contributed by atoms with E-state index in [1.807, 2.05) is 32.9 Å². The number of hydrogen-bond donors (Lipinski definition) is 3. The quantitative estimate of drug-likeness (QED) is 0.329. The molecule has 2 heterocycles. The first-order chi connectivity index (χ1) is 18.9. The number of ether oxygens (including phenoxy) is 1. The van der Waals surface area contributed by atoms with Crippen LogP contribution in [0.5, 0.6) is 0 Å². The SMILES string of the molecule is CCOC1CC(C(=O)Nc2cc(C(CCC3CC3)(N[S+]([O-])C(C)(C)C)c3ccncc3)ccc2F)N(C(=O)O)C1. The van der Waals surface area contributed by atoms with Crippen molar-refractivity contribution in [3.8, 4) is 0 Å². The van der Waals surface area contributed by atoms with Crippen LogP contribution in [0.4, 0.5) is 14.9 Å². The zero-order valence-electron chi connectivity index (χ0n) is 23.5. The van der Waals surface area contributed by atoms with Crippen molar-refractivity contribution < 1.29 is 28.4 Å². The summed E-state index contributed by atoms with van der Waals surface area (Å²) in [7, 11) is 0. The molecule has 1 aliphatic carbocycles. The first kappa shape index (κ1) is 30.2. The standard InChI is InChI=1S/C29H39FN4O5S/c1-5-39-22-17-25(34(18-22)27(36)37)26(35)32-24-16-21(8-9-23(24)30)29(13-10-19-6-7-19,20-11-14-31-15-12-20)33-40(38)28(2,3)4/h8-9,11-12,14-16,19,22,25,33H,5-7,10,13,17-18H2,1-4H3,(H,32,35)(H,36,37). The molecule has 2 amide bonds. The van der Waals surface area contributed by atoms with Crippen LogP contribution in [0.3, 0.4) is 0 Å². The fourth-order valence-corrected chi connectivity index (χ4v) is 6.08. The van der Waals surface area contributed by atoms with E-state index in [1.165, 1.54) is 6.07 Å². The van der Waals surface area contributed by atoms with Crippen LogP contribution in [0.25, 0.3) is 0 Å². The molecule has 3 N–H and O–H groups in total. The third-order valence-corrected chi connectivity index (χ3v) is 9.20. The van der Waals surface area contributed by atoms with Gasteiger partial charge in [0.1, 0.15) is 22.1 Å². The van der Waals surface area contributed by atoms with Crippen molar-refractivity contribution in [2.75, 3.05) is 18.5 Å². The Balaban J connectivity index is 1.71.